The smallest absolute Gasteiger partial charge is 0.248 e. The van der Waals surface area contributed by atoms with E-state index in [1.807, 2.05) is 19.1 Å². The van der Waals surface area contributed by atoms with E-state index in [9.17, 15) is 8.78 Å². The Morgan fingerprint density at radius 3 is 2.23 bits per heavy atom. The van der Waals surface area contributed by atoms with Gasteiger partial charge in [0, 0.05) is 18.4 Å². The Morgan fingerprint density at radius 2 is 1.77 bits per heavy atom. The number of alkyl halides is 2. The van der Waals surface area contributed by atoms with E-state index >= 15 is 0 Å². The summed E-state index contributed by atoms with van der Waals surface area (Å²) >= 11 is 0. The first-order chi connectivity index (χ1) is 5.97. The highest BCUT2D eigenvalue weighted by atomic mass is 19.3. The van der Waals surface area contributed by atoms with Gasteiger partial charge in [0.05, 0.1) is 0 Å². The van der Waals surface area contributed by atoms with Crippen LogP contribution in [0.1, 0.15) is 39.0 Å². The number of halogens is 2. The van der Waals surface area contributed by atoms with Gasteiger partial charge in [0.25, 0.3) is 0 Å². The number of hydrogen-bond acceptors (Lipinski definition) is 1. The van der Waals surface area contributed by atoms with Crippen molar-refractivity contribution in [3.05, 3.63) is 12.2 Å². The SMILES string of the molecule is CC/C=C/C1(N)CCC(F)(F)CC1. The van der Waals surface area contributed by atoms with E-state index in [-0.39, 0.29) is 12.8 Å². The fraction of sp³-hybridized carbons (Fsp3) is 0.800. The number of hydrogen-bond donors (Lipinski definition) is 1. The molecule has 0 aromatic rings. The van der Waals surface area contributed by atoms with Crippen LogP contribution in [0, 0.1) is 0 Å². The van der Waals surface area contributed by atoms with Crippen LogP contribution in [0.5, 0.6) is 0 Å². The molecule has 1 nitrogen and oxygen atoms in total. The summed E-state index contributed by atoms with van der Waals surface area (Å²) in [6.07, 6.45) is 5.42. The fourth-order valence-electron chi connectivity index (χ4n) is 1.60. The van der Waals surface area contributed by atoms with Crippen LogP contribution in [0.4, 0.5) is 8.78 Å². The minimum absolute atomic E-state index is 0.0719. The molecule has 0 aromatic heterocycles. The molecule has 0 aromatic carbocycles. The largest absolute Gasteiger partial charge is 0.322 e. The normalized spacial score (nSPS) is 26.5. The third kappa shape index (κ3) is 3.07. The van der Waals surface area contributed by atoms with Gasteiger partial charge in [-0.05, 0) is 19.3 Å². The van der Waals surface area contributed by atoms with Crippen LogP contribution in [0.25, 0.3) is 0 Å². The van der Waals surface area contributed by atoms with Crippen molar-refractivity contribution in [1.82, 2.24) is 0 Å². The van der Waals surface area contributed by atoms with Crippen molar-refractivity contribution in [2.75, 3.05) is 0 Å². The van der Waals surface area contributed by atoms with Gasteiger partial charge in [0.15, 0.2) is 0 Å². The lowest BCUT2D eigenvalue weighted by Gasteiger charge is -2.34. The van der Waals surface area contributed by atoms with E-state index < -0.39 is 11.5 Å². The van der Waals surface area contributed by atoms with Gasteiger partial charge >= 0.3 is 0 Å². The first-order valence-electron chi connectivity index (χ1n) is 4.82. The first-order valence-corrected chi connectivity index (χ1v) is 4.82. The van der Waals surface area contributed by atoms with Gasteiger partial charge in [-0.1, -0.05) is 19.1 Å². The Bertz CT molecular complexity index is 189. The number of allylic oxidation sites excluding steroid dienone is 1. The third-order valence-corrected chi connectivity index (χ3v) is 2.60. The average molecular weight is 189 g/mol. The molecule has 0 spiro atoms. The van der Waals surface area contributed by atoms with Gasteiger partial charge in [0.2, 0.25) is 5.92 Å². The predicted octanol–water partition coefficient (Wildman–Crippen LogP) is 2.86. The third-order valence-electron chi connectivity index (χ3n) is 2.60. The Kier molecular flexibility index (Phi) is 3.06. The van der Waals surface area contributed by atoms with Crippen molar-refractivity contribution in [3.8, 4) is 0 Å². The summed E-state index contributed by atoms with van der Waals surface area (Å²) in [5.41, 5.74) is 5.47. The minimum atomic E-state index is -2.48. The summed E-state index contributed by atoms with van der Waals surface area (Å²) in [6.45, 7) is 2.01. The van der Waals surface area contributed by atoms with Crippen LogP contribution in [-0.2, 0) is 0 Å². The van der Waals surface area contributed by atoms with Crippen LogP contribution in [0.3, 0.4) is 0 Å². The molecule has 13 heavy (non-hydrogen) atoms. The summed E-state index contributed by atoms with van der Waals surface area (Å²) in [5.74, 6) is -2.48. The Hall–Kier alpha value is -0.440. The zero-order valence-corrected chi connectivity index (χ0v) is 8.02. The standard InChI is InChI=1S/C10H17F2N/c1-2-3-4-9(13)5-7-10(11,12)8-6-9/h3-4H,2,5-8,13H2,1H3/b4-3+. The van der Waals surface area contributed by atoms with Gasteiger partial charge in [-0.2, -0.15) is 0 Å². The maximum Gasteiger partial charge on any atom is 0.248 e. The Labute approximate surface area is 78.0 Å². The molecular weight excluding hydrogens is 172 g/mol. The zero-order chi connectivity index (χ0) is 9.95. The minimum Gasteiger partial charge on any atom is -0.322 e. The van der Waals surface area contributed by atoms with Crippen LogP contribution in [-0.4, -0.2) is 11.5 Å². The molecule has 0 heterocycles. The van der Waals surface area contributed by atoms with E-state index in [0.717, 1.165) is 6.42 Å². The fourth-order valence-corrected chi connectivity index (χ4v) is 1.60. The van der Waals surface area contributed by atoms with E-state index in [0.29, 0.717) is 12.8 Å². The molecule has 76 valence electrons. The van der Waals surface area contributed by atoms with Crippen molar-refractivity contribution in [2.24, 2.45) is 5.73 Å². The summed E-state index contributed by atoms with van der Waals surface area (Å²) in [7, 11) is 0. The van der Waals surface area contributed by atoms with Crippen LogP contribution >= 0.6 is 0 Å². The van der Waals surface area contributed by atoms with Crippen molar-refractivity contribution in [3.63, 3.8) is 0 Å². The van der Waals surface area contributed by atoms with Crippen LogP contribution in [0.2, 0.25) is 0 Å². The molecular formula is C10H17F2N. The molecule has 0 amide bonds. The molecule has 0 unspecified atom stereocenters. The average Bonchev–Trinajstić information content (AvgIpc) is 2.08. The van der Waals surface area contributed by atoms with Crippen molar-refractivity contribution >= 4 is 0 Å². The molecule has 1 aliphatic rings. The quantitative estimate of drug-likeness (QED) is 0.664. The summed E-state index contributed by atoms with van der Waals surface area (Å²) < 4.78 is 25.6. The molecule has 0 bridgehead atoms. The number of nitrogens with two attached hydrogens (primary N) is 1. The van der Waals surface area contributed by atoms with Crippen molar-refractivity contribution in [2.45, 2.75) is 50.5 Å². The van der Waals surface area contributed by atoms with Gasteiger partial charge in [0.1, 0.15) is 0 Å². The lowest BCUT2D eigenvalue weighted by Crippen LogP contribution is -2.44. The number of rotatable bonds is 2. The van der Waals surface area contributed by atoms with E-state index in [2.05, 4.69) is 0 Å². The first kappa shape index (κ1) is 10.6. The highest BCUT2D eigenvalue weighted by Gasteiger charge is 2.39. The van der Waals surface area contributed by atoms with Gasteiger partial charge in [-0.25, -0.2) is 8.78 Å². The summed E-state index contributed by atoms with van der Waals surface area (Å²) in [6, 6.07) is 0. The second-order valence-electron chi connectivity index (χ2n) is 3.90. The van der Waals surface area contributed by atoms with Crippen molar-refractivity contribution < 1.29 is 8.78 Å². The topological polar surface area (TPSA) is 26.0 Å². The van der Waals surface area contributed by atoms with E-state index in [1.54, 1.807) is 0 Å². The lowest BCUT2D eigenvalue weighted by atomic mass is 9.80. The Balaban J connectivity index is 2.51. The molecule has 1 fully saturated rings. The second-order valence-corrected chi connectivity index (χ2v) is 3.90. The van der Waals surface area contributed by atoms with Crippen molar-refractivity contribution in [1.29, 1.82) is 0 Å². The molecule has 0 aliphatic heterocycles. The highest BCUT2D eigenvalue weighted by molar-refractivity contribution is 5.07. The van der Waals surface area contributed by atoms with Crippen LogP contribution in [0.15, 0.2) is 12.2 Å². The van der Waals surface area contributed by atoms with E-state index in [4.69, 9.17) is 5.73 Å². The molecule has 0 radical (unpaired) electrons. The van der Waals surface area contributed by atoms with E-state index in [1.165, 1.54) is 0 Å². The summed E-state index contributed by atoms with van der Waals surface area (Å²) in [4.78, 5) is 0. The molecule has 0 atom stereocenters. The molecule has 1 rings (SSSR count). The second kappa shape index (κ2) is 3.74. The van der Waals surface area contributed by atoms with Gasteiger partial charge in [-0.15, -0.1) is 0 Å². The Morgan fingerprint density at radius 1 is 1.23 bits per heavy atom. The zero-order valence-electron chi connectivity index (χ0n) is 8.02. The molecule has 2 N–H and O–H groups in total. The van der Waals surface area contributed by atoms with Gasteiger partial charge in [-0.3, -0.25) is 0 Å². The maximum atomic E-state index is 12.8. The monoisotopic (exact) mass is 189 g/mol. The maximum absolute atomic E-state index is 12.8. The van der Waals surface area contributed by atoms with Crippen LogP contribution < -0.4 is 5.73 Å². The van der Waals surface area contributed by atoms with Gasteiger partial charge < -0.3 is 5.73 Å². The molecule has 0 saturated heterocycles. The predicted molar refractivity (Wildman–Crippen MR) is 49.8 cm³/mol. The molecule has 3 heteroatoms. The highest BCUT2D eigenvalue weighted by Crippen LogP contribution is 2.37. The lowest BCUT2D eigenvalue weighted by molar-refractivity contribution is -0.0450. The molecule has 1 saturated carbocycles. The summed E-state index contributed by atoms with van der Waals surface area (Å²) in [5, 5.41) is 0. The molecule has 1 aliphatic carbocycles.